The fourth-order valence-electron chi connectivity index (χ4n) is 1.15. The molecule has 0 unspecified atom stereocenters. The fraction of sp³-hybridized carbons (Fsp3) is 0.111. The summed E-state index contributed by atoms with van der Waals surface area (Å²) in [7, 11) is 0. The van der Waals surface area contributed by atoms with Gasteiger partial charge < -0.3 is 0 Å². The molecule has 0 fully saturated rings. The van der Waals surface area contributed by atoms with Gasteiger partial charge in [0.2, 0.25) is 0 Å². The molecule has 0 atom stereocenters. The Labute approximate surface area is 94.5 Å². The topological polar surface area (TPSA) is 25.8 Å². The second kappa shape index (κ2) is 3.38. The van der Waals surface area contributed by atoms with E-state index in [4.69, 9.17) is 11.6 Å². The molecule has 13 heavy (non-hydrogen) atoms. The molecule has 0 aliphatic rings. The number of fused-ring (bicyclic) bond motifs is 1. The number of benzene rings is 1. The van der Waals surface area contributed by atoms with Gasteiger partial charge in [0.05, 0.1) is 5.52 Å². The molecule has 0 amide bonds. The number of nitrogens with zero attached hydrogens (tertiary/aromatic N) is 2. The lowest BCUT2D eigenvalue weighted by atomic mass is 10.2. The molecule has 0 bridgehead atoms. The lowest BCUT2D eigenvalue weighted by Crippen LogP contribution is -1.87. The third kappa shape index (κ3) is 1.62. The maximum atomic E-state index is 5.93. The Balaban J connectivity index is 2.89. The van der Waals surface area contributed by atoms with Crippen LogP contribution in [0, 0.1) is 10.5 Å². The van der Waals surface area contributed by atoms with Crippen molar-refractivity contribution < 1.29 is 0 Å². The first kappa shape index (κ1) is 9.15. The number of halogens is 2. The van der Waals surface area contributed by atoms with Crippen LogP contribution in [0.4, 0.5) is 0 Å². The zero-order valence-electron chi connectivity index (χ0n) is 6.88. The summed E-state index contributed by atoms with van der Waals surface area (Å²) in [5.41, 5.74) is 2.11. The van der Waals surface area contributed by atoms with Gasteiger partial charge in [-0.25, -0.2) is 9.97 Å². The lowest BCUT2D eigenvalue weighted by Gasteiger charge is -2.02. The summed E-state index contributed by atoms with van der Waals surface area (Å²) in [4.78, 5) is 8.07. The zero-order chi connectivity index (χ0) is 9.42. The normalized spacial score (nSPS) is 10.7. The molecule has 0 radical (unpaired) electrons. The van der Waals surface area contributed by atoms with Crippen LogP contribution in [0.25, 0.3) is 10.9 Å². The van der Waals surface area contributed by atoms with Crippen LogP contribution in [0.15, 0.2) is 18.5 Å². The first-order valence-corrected chi connectivity index (χ1v) is 5.20. The summed E-state index contributed by atoms with van der Waals surface area (Å²) < 4.78 is 1.18. The summed E-state index contributed by atoms with van der Waals surface area (Å²) in [5.74, 6) is 0. The van der Waals surface area contributed by atoms with Gasteiger partial charge in [0.15, 0.2) is 0 Å². The Hall–Kier alpha value is -0.420. The maximum absolute atomic E-state index is 5.93. The van der Waals surface area contributed by atoms with Crippen molar-refractivity contribution >= 4 is 45.1 Å². The molecule has 1 aromatic carbocycles. The van der Waals surface area contributed by atoms with E-state index in [-0.39, 0.29) is 0 Å². The third-order valence-electron chi connectivity index (χ3n) is 1.87. The van der Waals surface area contributed by atoms with Crippen molar-refractivity contribution in [2.75, 3.05) is 0 Å². The van der Waals surface area contributed by atoms with E-state index >= 15 is 0 Å². The molecule has 1 heterocycles. The van der Waals surface area contributed by atoms with Crippen molar-refractivity contribution in [2.45, 2.75) is 6.92 Å². The minimum atomic E-state index is 0.517. The average Bonchev–Trinajstić information content (AvgIpc) is 2.09. The van der Waals surface area contributed by atoms with Crippen molar-refractivity contribution in [1.29, 1.82) is 0 Å². The minimum absolute atomic E-state index is 0.517. The molecule has 0 saturated heterocycles. The van der Waals surface area contributed by atoms with Crippen LogP contribution in [0.5, 0.6) is 0 Å². The van der Waals surface area contributed by atoms with Crippen molar-refractivity contribution in [3.8, 4) is 0 Å². The van der Waals surface area contributed by atoms with Gasteiger partial charge in [-0.05, 0) is 47.2 Å². The molecule has 0 spiro atoms. The number of aryl methyl sites for hydroxylation is 1. The van der Waals surface area contributed by atoms with Crippen molar-refractivity contribution in [2.24, 2.45) is 0 Å². The summed E-state index contributed by atoms with van der Waals surface area (Å²) in [6.07, 6.45) is 1.48. The number of hydrogen-bond acceptors (Lipinski definition) is 2. The second-order valence-corrected chi connectivity index (χ2v) is 4.30. The van der Waals surface area contributed by atoms with Gasteiger partial charge in [-0.15, -0.1) is 0 Å². The smallest absolute Gasteiger partial charge is 0.140 e. The van der Waals surface area contributed by atoms with Gasteiger partial charge in [-0.1, -0.05) is 11.6 Å². The van der Waals surface area contributed by atoms with Crippen LogP contribution in [-0.4, -0.2) is 9.97 Å². The maximum Gasteiger partial charge on any atom is 0.140 e. The highest BCUT2D eigenvalue weighted by Crippen LogP contribution is 2.23. The van der Waals surface area contributed by atoms with Gasteiger partial charge >= 0.3 is 0 Å². The minimum Gasteiger partial charge on any atom is -0.236 e. The van der Waals surface area contributed by atoms with Gasteiger partial charge in [-0.3, -0.25) is 0 Å². The Kier molecular flexibility index (Phi) is 2.38. The van der Waals surface area contributed by atoms with Crippen molar-refractivity contribution in [3.63, 3.8) is 0 Å². The van der Waals surface area contributed by atoms with Gasteiger partial charge in [0.25, 0.3) is 0 Å². The quantitative estimate of drug-likeness (QED) is 0.552. The molecule has 0 saturated carbocycles. The summed E-state index contributed by atoms with van der Waals surface area (Å²) in [6.45, 7) is 2.05. The van der Waals surface area contributed by atoms with Crippen LogP contribution in [0.1, 0.15) is 5.56 Å². The summed E-state index contributed by atoms with van der Waals surface area (Å²) in [6, 6.07) is 4.03. The molecule has 0 aliphatic carbocycles. The molecular weight excluding hydrogens is 298 g/mol. The number of hydrogen-bond donors (Lipinski definition) is 0. The van der Waals surface area contributed by atoms with Gasteiger partial charge in [-0.2, -0.15) is 0 Å². The lowest BCUT2D eigenvalue weighted by molar-refractivity contribution is 1.22. The highest BCUT2D eigenvalue weighted by atomic mass is 127. The monoisotopic (exact) mass is 304 g/mol. The Morgan fingerprint density at radius 2 is 2.08 bits per heavy atom. The van der Waals surface area contributed by atoms with Crippen LogP contribution in [0.3, 0.4) is 0 Å². The number of aromatic nitrogens is 2. The molecule has 4 heteroatoms. The van der Waals surface area contributed by atoms with E-state index in [1.54, 1.807) is 0 Å². The highest BCUT2D eigenvalue weighted by Gasteiger charge is 2.03. The predicted octanol–water partition coefficient (Wildman–Crippen LogP) is 3.20. The molecule has 2 nitrogen and oxygen atoms in total. The fourth-order valence-corrected chi connectivity index (χ4v) is 1.81. The Bertz CT molecular complexity index is 470. The van der Waals surface area contributed by atoms with E-state index in [0.717, 1.165) is 10.9 Å². The first-order valence-electron chi connectivity index (χ1n) is 3.75. The molecule has 0 aliphatic heterocycles. The number of rotatable bonds is 0. The van der Waals surface area contributed by atoms with Gasteiger partial charge in [0, 0.05) is 8.96 Å². The van der Waals surface area contributed by atoms with E-state index in [9.17, 15) is 0 Å². The zero-order valence-corrected chi connectivity index (χ0v) is 9.80. The average molecular weight is 305 g/mol. The van der Waals surface area contributed by atoms with Crippen molar-refractivity contribution in [3.05, 3.63) is 32.7 Å². The van der Waals surface area contributed by atoms with E-state index in [1.165, 1.54) is 15.5 Å². The second-order valence-electron chi connectivity index (χ2n) is 2.78. The standard InChI is InChI=1S/C9H6ClIN2/c1-5-2-8-6(3-7(5)11)9(10)13-4-12-8/h2-4H,1H3. The largest absolute Gasteiger partial charge is 0.236 e. The first-order chi connectivity index (χ1) is 6.18. The van der Waals surface area contributed by atoms with Gasteiger partial charge in [0.1, 0.15) is 11.5 Å². The summed E-state index contributed by atoms with van der Waals surface area (Å²) in [5, 5.41) is 1.43. The predicted molar refractivity (Wildman–Crippen MR) is 62.0 cm³/mol. The van der Waals surface area contributed by atoms with E-state index in [2.05, 4.69) is 39.5 Å². The van der Waals surface area contributed by atoms with E-state index < -0.39 is 0 Å². The molecule has 2 aromatic rings. The highest BCUT2D eigenvalue weighted by molar-refractivity contribution is 14.1. The van der Waals surface area contributed by atoms with E-state index in [1.807, 2.05) is 12.1 Å². The Morgan fingerprint density at radius 3 is 2.85 bits per heavy atom. The van der Waals surface area contributed by atoms with Crippen LogP contribution in [0.2, 0.25) is 5.15 Å². The van der Waals surface area contributed by atoms with E-state index in [0.29, 0.717) is 5.15 Å². The SMILES string of the molecule is Cc1cc2ncnc(Cl)c2cc1I. The molecule has 2 rings (SSSR count). The molecular formula is C9H6ClIN2. The third-order valence-corrected chi connectivity index (χ3v) is 3.33. The molecule has 66 valence electrons. The van der Waals surface area contributed by atoms with Crippen LogP contribution >= 0.6 is 34.2 Å². The molecule has 1 aromatic heterocycles. The van der Waals surface area contributed by atoms with Crippen molar-refractivity contribution in [1.82, 2.24) is 9.97 Å². The van der Waals surface area contributed by atoms with Crippen LogP contribution < -0.4 is 0 Å². The summed E-state index contributed by atoms with van der Waals surface area (Å²) >= 11 is 8.20. The van der Waals surface area contributed by atoms with Crippen LogP contribution in [-0.2, 0) is 0 Å². The Morgan fingerprint density at radius 1 is 1.31 bits per heavy atom. The molecule has 0 N–H and O–H groups in total.